The Bertz CT molecular complexity index is 466. The summed E-state index contributed by atoms with van der Waals surface area (Å²) in [7, 11) is 0. The van der Waals surface area contributed by atoms with Crippen molar-refractivity contribution in [3.63, 3.8) is 0 Å². The van der Waals surface area contributed by atoms with E-state index in [1.165, 1.54) is 0 Å². The smallest absolute Gasteiger partial charge is 0.315 e. The Balaban J connectivity index is 2.05. The Kier molecular flexibility index (Phi) is 2.22. The number of carbonyl (C=O) groups is 1. The summed E-state index contributed by atoms with van der Waals surface area (Å²) in [6.07, 6.45) is 0.599. The molecule has 5 nitrogen and oxygen atoms in total. The standard InChI is InChI=1S/C12H13NO4/c14-11(15)12(3-4-13-6-12)8-1-2-9-10(5-8)17-7-16-9/h1-2,5,13H,3-4,6-7H2,(H,14,15). The Morgan fingerprint density at radius 3 is 2.88 bits per heavy atom. The van der Waals surface area contributed by atoms with Gasteiger partial charge < -0.3 is 19.9 Å². The first-order valence-electron chi connectivity index (χ1n) is 5.57. The molecule has 2 aliphatic heterocycles. The molecule has 2 N–H and O–H groups in total. The van der Waals surface area contributed by atoms with E-state index in [0.29, 0.717) is 24.5 Å². The molecule has 5 heteroatoms. The van der Waals surface area contributed by atoms with Crippen LogP contribution in [0.1, 0.15) is 12.0 Å². The molecule has 0 spiro atoms. The molecule has 2 aliphatic rings. The monoisotopic (exact) mass is 235 g/mol. The van der Waals surface area contributed by atoms with Gasteiger partial charge in [-0.1, -0.05) is 6.07 Å². The first-order valence-corrected chi connectivity index (χ1v) is 5.57. The van der Waals surface area contributed by atoms with Crippen molar-refractivity contribution in [1.29, 1.82) is 0 Å². The highest BCUT2D eigenvalue weighted by atomic mass is 16.7. The molecule has 1 aromatic rings. The molecular weight excluding hydrogens is 222 g/mol. The van der Waals surface area contributed by atoms with Gasteiger partial charge in [0, 0.05) is 6.54 Å². The summed E-state index contributed by atoms with van der Waals surface area (Å²) in [5, 5.41) is 12.6. The van der Waals surface area contributed by atoms with Crippen LogP contribution in [0.3, 0.4) is 0 Å². The van der Waals surface area contributed by atoms with Crippen molar-refractivity contribution in [3.8, 4) is 11.5 Å². The summed E-state index contributed by atoms with van der Waals surface area (Å²) in [4.78, 5) is 11.5. The molecule has 0 radical (unpaired) electrons. The maximum absolute atomic E-state index is 11.5. The summed E-state index contributed by atoms with van der Waals surface area (Å²) in [6, 6.07) is 5.37. The lowest BCUT2D eigenvalue weighted by Crippen LogP contribution is -2.37. The van der Waals surface area contributed by atoms with E-state index in [1.54, 1.807) is 12.1 Å². The number of fused-ring (bicyclic) bond motifs is 1. The van der Waals surface area contributed by atoms with Crippen molar-refractivity contribution >= 4 is 5.97 Å². The molecular formula is C12H13NO4. The predicted molar refractivity (Wildman–Crippen MR) is 59.4 cm³/mol. The van der Waals surface area contributed by atoms with Crippen LogP contribution in [0.2, 0.25) is 0 Å². The Labute approximate surface area is 98.3 Å². The van der Waals surface area contributed by atoms with Gasteiger partial charge in [-0.15, -0.1) is 0 Å². The van der Waals surface area contributed by atoms with Crippen LogP contribution in [0.25, 0.3) is 0 Å². The van der Waals surface area contributed by atoms with Gasteiger partial charge in [-0.2, -0.15) is 0 Å². The van der Waals surface area contributed by atoms with Crippen molar-refractivity contribution in [1.82, 2.24) is 5.32 Å². The highest BCUT2D eigenvalue weighted by molar-refractivity contribution is 5.82. The second kappa shape index (κ2) is 3.63. The number of carboxylic acid groups (broad SMARTS) is 1. The third-order valence-corrected chi connectivity index (χ3v) is 3.49. The van der Waals surface area contributed by atoms with Crippen LogP contribution in [-0.2, 0) is 10.2 Å². The molecule has 0 amide bonds. The molecule has 0 aliphatic carbocycles. The topological polar surface area (TPSA) is 67.8 Å². The van der Waals surface area contributed by atoms with Gasteiger partial charge in [0.2, 0.25) is 6.79 Å². The number of rotatable bonds is 2. The van der Waals surface area contributed by atoms with Gasteiger partial charge in [0.05, 0.1) is 0 Å². The number of benzene rings is 1. The summed E-state index contributed by atoms with van der Waals surface area (Å²) in [5.74, 6) is 0.525. The summed E-state index contributed by atoms with van der Waals surface area (Å²) >= 11 is 0. The SMILES string of the molecule is O=C(O)C1(c2ccc3c(c2)OCO3)CCNC1. The van der Waals surface area contributed by atoms with Crippen LogP contribution in [0, 0.1) is 0 Å². The molecule has 90 valence electrons. The van der Waals surface area contributed by atoms with E-state index >= 15 is 0 Å². The Morgan fingerprint density at radius 1 is 1.35 bits per heavy atom. The van der Waals surface area contributed by atoms with Crippen LogP contribution in [0.15, 0.2) is 18.2 Å². The van der Waals surface area contributed by atoms with Crippen LogP contribution < -0.4 is 14.8 Å². The van der Waals surface area contributed by atoms with E-state index in [4.69, 9.17) is 9.47 Å². The molecule has 1 fully saturated rings. The number of hydrogen-bond acceptors (Lipinski definition) is 4. The quantitative estimate of drug-likeness (QED) is 0.791. The molecule has 1 atom stereocenters. The van der Waals surface area contributed by atoms with E-state index in [0.717, 1.165) is 12.1 Å². The number of hydrogen-bond donors (Lipinski definition) is 2. The molecule has 1 aromatic carbocycles. The minimum Gasteiger partial charge on any atom is -0.481 e. The first-order chi connectivity index (χ1) is 8.22. The molecule has 0 bridgehead atoms. The van der Waals surface area contributed by atoms with Crippen LogP contribution >= 0.6 is 0 Å². The maximum Gasteiger partial charge on any atom is 0.315 e. The van der Waals surface area contributed by atoms with Gasteiger partial charge in [-0.05, 0) is 30.7 Å². The van der Waals surface area contributed by atoms with Crippen molar-refractivity contribution in [2.75, 3.05) is 19.9 Å². The van der Waals surface area contributed by atoms with Crippen molar-refractivity contribution in [2.45, 2.75) is 11.8 Å². The minimum atomic E-state index is -0.832. The number of carboxylic acids is 1. The zero-order valence-corrected chi connectivity index (χ0v) is 9.23. The zero-order chi connectivity index (χ0) is 11.9. The summed E-state index contributed by atoms with van der Waals surface area (Å²) < 4.78 is 10.5. The van der Waals surface area contributed by atoms with E-state index in [9.17, 15) is 9.90 Å². The van der Waals surface area contributed by atoms with E-state index in [2.05, 4.69) is 5.32 Å². The lowest BCUT2D eigenvalue weighted by Gasteiger charge is -2.23. The highest BCUT2D eigenvalue weighted by Crippen LogP contribution is 2.38. The molecule has 0 aromatic heterocycles. The normalized spacial score (nSPS) is 26.1. The highest BCUT2D eigenvalue weighted by Gasteiger charge is 2.43. The minimum absolute atomic E-state index is 0.205. The van der Waals surface area contributed by atoms with Crippen molar-refractivity contribution in [2.24, 2.45) is 0 Å². The molecule has 0 saturated carbocycles. The van der Waals surface area contributed by atoms with Gasteiger partial charge >= 0.3 is 5.97 Å². The Hall–Kier alpha value is -1.75. The lowest BCUT2D eigenvalue weighted by atomic mass is 9.79. The summed E-state index contributed by atoms with van der Waals surface area (Å²) in [6.45, 7) is 1.39. The third kappa shape index (κ3) is 1.46. The molecule has 2 heterocycles. The molecule has 1 saturated heterocycles. The average Bonchev–Trinajstić information content (AvgIpc) is 2.97. The van der Waals surface area contributed by atoms with Gasteiger partial charge in [0.25, 0.3) is 0 Å². The van der Waals surface area contributed by atoms with Crippen molar-refractivity contribution in [3.05, 3.63) is 23.8 Å². The lowest BCUT2D eigenvalue weighted by molar-refractivity contribution is -0.143. The van der Waals surface area contributed by atoms with Crippen LogP contribution in [0.5, 0.6) is 11.5 Å². The van der Waals surface area contributed by atoms with E-state index in [1.807, 2.05) is 6.07 Å². The summed E-state index contributed by atoms with van der Waals surface area (Å²) in [5.41, 5.74) is -0.0553. The van der Waals surface area contributed by atoms with Gasteiger partial charge in [-0.25, -0.2) is 0 Å². The van der Waals surface area contributed by atoms with Gasteiger partial charge in [0.15, 0.2) is 11.5 Å². The molecule has 1 unspecified atom stereocenters. The van der Waals surface area contributed by atoms with E-state index in [-0.39, 0.29) is 6.79 Å². The third-order valence-electron chi connectivity index (χ3n) is 3.49. The van der Waals surface area contributed by atoms with Crippen LogP contribution in [0.4, 0.5) is 0 Å². The second-order valence-electron chi connectivity index (χ2n) is 4.38. The zero-order valence-electron chi connectivity index (χ0n) is 9.23. The first kappa shape index (κ1) is 10.4. The molecule has 17 heavy (non-hydrogen) atoms. The fraction of sp³-hybridized carbons (Fsp3) is 0.417. The van der Waals surface area contributed by atoms with Gasteiger partial charge in [-0.3, -0.25) is 4.79 Å². The van der Waals surface area contributed by atoms with Crippen LogP contribution in [-0.4, -0.2) is 31.0 Å². The Morgan fingerprint density at radius 2 is 2.18 bits per heavy atom. The molecule has 3 rings (SSSR count). The number of ether oxygens (including phenoxy) is 2. The average molecular weight is 235 g/mol. The fourth-order valence-electron chi connectivity index (χ4n) is 2.44. The largest absolute Gasteiger partial charge is 0.481 e. The number of nitrogens with one attached hydrogen (secondary N) is 1. The second-order valence-corrected chi connectivity index (χ2v) is 4.38. The fourth-order valence-corrected chi connectivity index (χ4v) is 2.44. The van der Waals surface area contributed by atoms with Crippen molar-refractivity contribution < 1.29 is 19.4 Å². The van der Waals surface area contributed by atoms with Gasteiger partial charge in [0.1, 0.15) is 5.41 Å². The maximum atomic E-state index is 11.5. The number of aliphatic carboxylic acids is 1. The predicted octanol–water partition coefficient (Wildman–Crippen LogP) is 0.731. The van der Waals surface area contributed by atoms with E-state index < -0.39 is 11.4 Å².